The first kappa shape index (κ1) is 35.1. The second-order valence-electron chi connectivity index (χ2n) is 15.9. The molecule has 231 valence electrons. The molecule has 2 aromatic carbocycles. The zero-order valence-electron chi connectivity index (χ0n) is 27.5. The SMILES string of the molecule is CC(C)(C)c1cc(C=N[C@H]2CCCC[C@@H]2N=Cc2cc(C(C)(C)C)cc(C(C)(C)C)c2O)c(O)c(C(C)(C)C)c1.[Cu]. The second-order valence-corrected chi connectivity index (χ2v) is 15.9. The maximum atomic E-state index is 11.2. The second kappa shape index (κ2) is 12.6. The van der Waals surface area contributed by atoms with Gasteiger partial charge in [-0.2, -0.15) is 0 Å². The van der Waals surface area contributed by atoms with E-state index in [4.69, 9.17) is 9.98 Å². The molecule has 0 unspecified atom stereocenters. The van der Waals surface area contributed by atoms with E-state index in [2.05, 4.69) is 107 Å². The third kappa shape index (κ3) is 8.71. The minimum atomic E-state index is -0.179. The van der Waals surface area contributed by atoms with Crippen LogP contribution >= 0.6 is 0 Å². The summed E-state index contributed by atoms with van der Waals surface area (Å²) in [6.07, 6.45) is 7.90. The van der Waals surface area contributed by atoms with E-state index in [0.29, 0.717) is 11.5 Å². The fourth-order valence-electron chi connectivity index (χ4n) is 5.31. The Hall–Kier alpha value is -2.10. The molecule has 0 spiro atoms. The normalized spacial score (nSPS) is 19.1. The van der Waals surface area contributed by atoms with Crippen LogP contribution in [-0.4, -0.2) is 34.7 Å². The van der Waals surface area contributed by atoms with Gasteiger partial charge in [-0.1, -0.05) is 108 Å². The molecular weight excluding hydrogens is 556 g/mol. The topological polar surface area (TPSA) is 65.2 Å². The minimum absolute atomic E-state index is 0. The van der Waals surface area contributed by atoms with Crippen LogP contribution in [0.2, 0.25) is 0 Å². The zero-order valence-corrected chi connectivity index (χ0v) is 28.5. The van der Waals surface area contributed by atoms with Crippen molar-refractivity contribution in [2.45, 2.75) is 143 Å². The van der Waals surface area contributed by atoms with Crippen molar-refractivity contribution < 1.29 is 27.3 Å². The van der Waals surface area contributed by atoms with Crippen molar-refractivity contribution >= 4 is 12.4 Å². The summed E-state index contributed by atoms with van der Waals surface area (Å²) >= 11 is 0. The molecule has 0 aliphatic heterocycles. The van der Waals surface area contributed by atoms with Gasteiger partial charge < -0.3 is 10.2 Å². The van der Waals surface area contributed by atoms with Gasteiger partial charge in [-0.05, 0) is 57.8 Å². The smallest absolute Gasteiger partial charge is 0.128 e. The molecule has 2 atom stereocenters. The Bertz CT molecular complexity index is 1170. The Balaban J connectivity index is 0.00000588. The number of hydrogen-bond donors (Lipinski definition) is 2. The molecule has 1 aliphatic rings. The molecule has 0 heterocycles. The molecule has 1 fully saturated rings. The van der Waals surface area contributed by atoms with E-state index in [9.17, 15) is 10.2 Å². The number of phenolic OH excluding ortho intramolecular Hbond substituents is 2. The van der Waals surface area contributed by atoms with Crippen molar-refractivity contribution in [2.75, 3.05) is 0 Å². The first-order chi connectivity index (χ1) is 18.2. The number of rotatable bonds is 4. The first-order valence-corrected chi connectivity index (χ1v) is 15.0. The van der Waals surface area contributed by atoms with Gasteiger partial charge in [0.2, 0.25) is 0 Å². The minimum Gasteiger partial charge on any atom is -0.507 e. The summed E-state index contributed by atoms with van der Waals surface area (Å²) in [5.74, 6) is 0.637. The molecule has 4 nitrogen and oxygen atoms in total. The quantitative estimate of drug-likeness (QED) is 0.268. The Morgan fingerprint density at radius 2 is 0.878 bits per heavy atom. The van der Waals surface area contributed by atoms with E-state index in [1.807, 2.05) is 12.4 Å². The third-order valence-electron chi connectivity index (χ3n) is 8.13. The monoisotopic (exact) mass is 609 g/mol. The fraction of sp³-hybridized carbons (Fsp3) is 0.611. The maximum absolute atomic E-state index is 11.2. The van der Waals surface area contributed by atoms with Gasteiger partial charge in [-0.15, -0.1) is 0 Å². The number of hydrogen-bond acceptors (Lipinski definition) is 4. The molecule has 0 saturated heterocycles. The number of benzene rings is 2. The number of nitrogens with zero attached hydrogens (tertiary/aromatic N) is 2. The van der Waals surface area contributed by atoms with Gasteiger partial charge >= 0.3 is 0 Å². The fourth-order valence-corrected chi connectivity index (χ4v) is 5.31. The van der Waals surface area contributed by atoms with E-state index in [-0.39, 0.29) is 50.8 Å². The average molecular weight is 610 g/mol. The van der Waals surface area contributed by atoms with Crippen LogP contribution in [0.25, 0.3) is 0 Å². The van der Waals surface area contributed by atoms with Crippen molar-refractivity contribution in [3.05, 3.63) is 57.6 Å². The van der Waals surface area contributed by atoms with Crippen molar-refractivity contribution in [1.82, 2.24) is 0 Å². The van der Waals surface area contributed by atoms with Crippen molar-refractivity contribution in [1.29, 1.82) is 0 Å². The van der Waals surface area contributed by atoms with Crippen molar-refractivity contribution in [2.24, 2.45) is 9.98 Å². The number of aromatic hydroxyl groups is 2. The summed E-state index contributed by atoms with van der Waals surface area (Å²) in [6.45, 7) is 26.0. The van der Waals surface area contributed by atoms with Crippen LogP contribution in [0, 0.1) is 0 Å². The van der Waals surface area contributed by atoms with Crippen LogP contribution in [0.15, 0.2) is 34.3 Å². The maximum Gasteiger partial charge on any atom is 0.128 e. The molecule has 1 saturated carbocycles. The molecule has 2 aromatic rings. The summed E-state index contributed by atoms with van der Waals surface area (Å²) in [6, 6.07) is 8.53. The molecule has 5 heteroatoms. The molecule has 2 N–H and O–H groups in total. The Kier molecular flexibility index (Phi) is 10.8. The van der Waals surface area contributed by atoms with Crippen LogP contribution in [0.5, 0.6) is 11.5 Å². The molecule has 1 aliphatic carbocycles. The van der Waals surface area contributed by atoms with Crippen LogP contribution < -0.4 is 0 Å². The van der Waals surface area contributed by atoms with E-state index in [0.717, 1.165) is 47.9 Å². The summed E-state index contributed by atoms with van der Waals surface area (Å²) in [5, 5.41) is 22.5. The number of phenols is 2. The summed E-state index contributed by atoms with van der Waals surface area (Å²) in [7, 11) is 0. The van der Waals surface area contributed by atoms with Gasteiger partial charge in [0, 0.05) is 51.8 Å². The van der Waals surface area contributed by atoms with Crippen LogP contribution in [0.3, 0.4) is 0 Å². The van der Waals surface area contributed by atoms with E-state index < -0.39 is 0 Å². The van der Waals surface area contributed by atoms with Gasteiger partial charge in [-0.3, -0.25) is 9.98 Å². The van der Waals surface area contributed by atoms with E-state index >= 15 is 0 Å². The Morgan fingerprint density at radius 3 is 1.15 bits per heavy atom. The van der Waals surface area contributed by atoms with Gasteiger partial charge in [-0.25, -0.2) is 0 Å². The Morgan fingerprint density at radius 1 is 0.561 bits per heavy atom. The molecule has 41 heavy (non-hydrogen) atoms. The standard InChI is InChI=1S/C36H54N2O2.Cu/c1-33(2,3)25-17-23(31(39)27(19-25)35(7,8)9)21-37-29-15-13-14-16-30(29)38-22-24-18-26(34(4,5)6)20-28(32(24)40)36(10,11)12;/h17-22,29-30,39-40H,13-16H2,1-12H3;/t29-,30-;/m0./s1. The summed E-state index contributed by atoms with van der Waals surface area (Å²) in [5.41, 5.74) is 5.39. The molecule has 1 radical (unpaired) electrons. The Labute approximate surface area is 260 Å². The van der Waals surface area contributed by atoms with Crippen LogP contribution in [0.4, 0.5) is 0 Å². The van der Waals surface area contributed by atoms with Gasteiger partial charge in [0.15, 0.2) is 0 Å². The average Bonchev–Trinajstić information content (AvgIpc) is 2.80. The first-order valence-electron chi connectivity index (χ1n) is 15.0. The van der Waals surface area contributed by atoms with Crippen LogP contribution in [-0.2, 0) is 38.7 Å². The summed E-state index contributed by atoms with van der Waals surface area (Å²) in [4.78, 5) is 10.1. The van der Waals surface area contributed by atoms with Gasteiger partial charge in [0.25, 0.3) is 0 Å². The van der Waals surface area contributed by atoms with Gasteiger partial charge in [0.05, 0.1) is 12.1 Å². The van der Waals surface area contributed by atoms with Gasteiger partial charge in [0.1, 0.15) is 11.5 Å². The predicted molar refractivity (Wildman–Crippen MR) is 172 cm³/mol. The number of aliphatic imine (C=N–C) groups is 2. The third-order valence-corrected chi connectivity index (χ3v) is 8.13. The summed E-state index contributed by atoms with van der Waals surface area (Å²) < 4.78 is 0. The van der Waals surface area contributed by atoms with Crippen molar-refractivity contribution in [3.63, 3.8) is 0 Å². The van der Waals surface area contributed by atoms with E-state index in [1.165, 1.54) is 11.1 Å². The van der Waals surface area contributed by atoms with Crippen molar-refractivity contribution in [3.8, 4) is 11.5 Å². The molecule has 0 amide bonds. The molecule has 0 aromatic heterocycles. The zero-order chi connectivity index (χ0) is 30.3. The molecule has 0 bridgehead atoms. The molecule has 3 rings (SSSR count). The largest absolute Gasteiger partial charge is 0.507 e. The van der Waals surface area contributed by atoms with Crippen LogP contribution in [0.1, 0.15) is 142 Å². The molecular formula is C36H54CuN2O2. The van der Waals surface area contributed by atoms with E-state index in [1.54, 1.807) is 0 Å². The predicted octanol–water partition coefficient (Wildman–Crippen LogP) is 9.13.